The van der Waals surface area contributed by atoms with Gasteiger partial charge in [0, 0.05) is 4.47 Å². The lowest BCUT2D eigenvalue weighted by Gasteiger charge is -2.04. The van der Waals surface area contributed by atoms with Gasteiger partial charge in [-0.1, -0.05) is 58.1 Å². The van der Waals surface area contributed by atoms with Crippen LogP contribution in [0, 0.1) is 17.7 Å². The summed E-state index contributed by atoms with van der Waals surface area (Å²) < 4.78 is 19.2. The van der Waals surface area contributed by atoms with E-state index in [-0.39, 0.29) is 18.7 Å². The second-order valence-electron chi connectivity index (χ2n) is 4.34. The van der Waals surface area contributed by atoms with Crippen LogP contribution in [0.5, 0.6) is 0 Å². The van der Waals surface area contributed by atoms with E-state index in [1.165, 1.54) is 6.07 Å². The second kappa shape index (κ2) is 8.20. The number of carbonyl (C=O) groups excluding carboxylic acids is 1. The van der Waals surface area contributed by atoms with Crippen molar-refractivity contribution in [1.29, 1.82) is 0 Å². The molecular weight excluding hydrogens is 349 g/mol. The molecule has 3 nitrogen and oxygen atoms in total. The van der Waals surface area contributed by atoms with Crippen LogP contribution in [0.15, 0.2) is 53.0 Å². The van der Waals surface area contributed by atoms with Gasteiger partial charge in [0.05, 0.1) is 12.1 Å². The molecule has 0 atom stereocenters. The Bertz CT molecular complexity index is 708. The standard InChI is InChI=1S/C17H13BrFNO2/c18-15-8-9-16(19)14(11-15)7-4-10-20-17(21)22-12-13-5-2-1-3-6-13/h1-3,5-6,8-9,11H,10,12H2,(H,20,21). The molecule has 0 aromatic heterocycles. The number of hydrogen-bond donors (Lipinski definition) is 1. The summed E-state index contributed by atoms with van der Waals surface area (Å²) in [5, 5.41) is 2.49. The van der Waals surface area contributed by atoms with E-state index >= 15 is 0 Å². The first-order valence-electron chi connectivity index (χ1n) is 6.53. The molecule has 22 heavy (non-hydrogen) atoms. The smallest absolute Gasteiger partial charge is 0.408 e. The SMILES string of the molecule is O=C(NCC#Cc1cc(Br)ccc1F)OCc1ccccc1. The lowest BCUT2D eigenvalue weighted by Crippen LogP contribution is -2.24. The van der Waals surface area contributed by atoms with Gasteiger partial charge in [0.1, 0.15) is 12.4 Å². The molecular formula is C17H13BrFNO2. The summed E-state index contributed by atoms with van der Waals surface area (Å²) in [6, 6.07) is 13.9. The van der Waals surface area contributed by atoms with Gasteiger partial charge in [0.15, 0.2) is 0 Å². The van der Waals surface area contributed by atoms with Crippen LogP contribution in [0.25, 0.3) is 0 Å². The lowest BCUT2D eigenvalue weighted by atomic mass is 10.2. The molecule has 1 N–H and O–H groups in total. The molecule has 1 amide bonds. The minimum absolute atomic E-state index is 0.0829. The van der Waals surface area contributed by atoms with Crippen molar-refractivity contribution in [3.05, 3.63) is 69.9 Å². The molecule has 2 aromatic rings. The van der Waals surface area contributed by atoms with Crippen LogP contribution >= 0.6 is 15.9 Å². The maximum absolute atomic E-state index is 13.4. The summed E-state index contributed by atoms with van der Waals surface area (Å²) >= 11 is 3.25. The van der Waals surface area contributed by atoms with E-state index in [0.29, 0.717) is 0 Å². The third-order valence-corrected chi connectivity index (χ3v) is 3.18. The van der Waals surface area contributed by atoms with Gasteiger partial charge in [-0.15, -0.1) is 0 Å². The normalized spacial score (nSPS) is 9.55. The summed E-state index contributed by atoms with van der Waals surface area (Å²) in [4.78, 5) is 11.5. The van der Waals surface area contributed by atoms with Crippen molar-refractivity contribution in [1.82, 2.24) is 5.32 Å². The van der Waals surface area contributed by atoms with Crippen molar-refractivity contribution in [2.75, 3.05) is 6.54 Å². The lowest BCUT2D eigenvalue weighted by molar-refractivity contribution is 0.141. The summed E-state index contributed by atoms with van der Waals surface area (Å²) in [5.41, 5.74) is 1.17. The summed E-state index contributed by atoms with van der Waals surface area (Å²) in [5.74, 6) is 4.93. The first kappa shape index (κ1) is 16.1. The highest BCUT2D eigenvalue weighted by atomic mass is 79.9. The van der Waals surface area contributed by atoms with Crippen LogP contribution < -0.4 is 5.32 Å². The number of ether oxygens (including phenoxy) is 1. The molecule has 0 aliphatic carbocycles. The van der Waals surface area contributed by atoms with Gasteiger partial charge in [-0.2, -0.15) is 0 Å². The predicted molar refractivity (Wildman–Crippen MR) is 85.6 cm³/mol. The van der Waals surface area contributed by atoms with E-state index in [1.54, 1.807) is 12.1 Å². The van der Waals surface area contributed by atoms with Gasteiger partial charge in [-0.25, -0.2) is 9.18 Å². The Morgan fingerprint density at radius 3 is 2.77 bits per heavy atom. The molecule has 0 saturated heterocycles. The molecule has 5 heteroatoms. The van der Waals surface area contributed by atoms with E-state index in [0.717, 1.165) is 10.0 Å². The van der Waals surface area contributed by atoms with Crippen LogP contribution in [0.3, 0.4) is 0 Å². The Balaban J connectivity index is 1.78. The third-order valence-electron chi connectivity index (χ3n) is 2.69. The summed E-state index contributed by atoms with van der Waals surface area (Å²) in [6.45, 7) is 0.278. The highest BCUT2D eigenvalue weighted by Crippen LogP contribution is 2.14. The molecule has 0 spiro atoms. The van der Waals surface area contributed by atoms with Crippen molar-refractivity contribution in [3.63, 3.8) is 0 Å². The topological polar surface area (TPSA) is 38.3 Å². The van der Waals surface area contributed by atoms with Gasteiger partial charge in [0.2, 0.25) is 0 Å². The van der Waals surface area contributed by atoms with E-state index in [4.69, 9.17) is 4.74 Å². The van der Waals surface area contributed by atoms with Crippen molar-refractivity contribution in [2.45, 2.75) is 6.61 Å². The second-order valence-corrected chi connectivity index (χ2v) is 5.26. The fraction of sp³-hybridized carbons (Fsp3) is 0.118. The van der Waals surface area contributed by atoms with E-state index in [2.05, 4.69) is 33.1 Å². The van der Waals surface area contributed by atoms with Crippen LogP contribution in [0.1, 0.15) is 11.1 Å². The number of amides is 1. The van der Waals surface area contributed by atoms with E-state index in [1.807, 2.05) is 30.3 Å². The molecule has 0 radical (unpaired) electrons. The van der Waals surface area contributed by atoms with Crippen LogP contribution in [0.4, 0.5) is 9.18 Å². The quantitative estimate of drug-likeness (QED) is 0.842. The van der Waals surface area contributed by atoms with Crippen LogP contribution in [-0.4, -0.2) is 12.6 Å². The minimum atomic E-state index is -0.562. The van der Waals surface area contributed by atoms with Gasteiger partial charge >= 0.3 is 6.09 Å². The zero-order valence-electron chi connectivity index (χ0n) is 11.6. The maximum Gasteiger partial charge on any atom is 0.408 e. The van der Waals surface area contributed by atoms with Gasteiger partial charge in [0.25, 0.3) is 0 Å². The zero-order valence-corrected chi connectivity index (χ0v) is 13.2. The molecule has 0 aliphatic heterocycles. The van der Waals surface area contributed by atoms with Gasteiger partial charge in [-0.3, -0.25) is 0 Å². The van der Waals surface area contributed by atoms with Crippen molar-refractivity contribution in [2.24, 2.45) is 0 Å². The predicted octanol–water partition coefficient (Wildman–Crippen LogP) is 3.87. The molecule has 0 saturated carbocycles. The molecule has 0 aliphatic rings. The van der Waals surface area contributed by atoms with Crippen molar-refractivity contribution >= 4 is 22.0 Å². The molecule has 0 bridgehead atoms. The number of hydrogen-bond acceptors (Lipinski definition) is 2. The van der Waals surface area contributed by atoms with Crippen molar-refractivity contribution in [3.8, 4) is 11.8 Å². The Morgan fingerprint density at radius 2 is 2.00 bits per heavy atom. The fourth-order valence-corrected chi connectivity index (χ4v) is 1.98. The average molecular weight is 362 g/mol. The largest absolute Gasteiger partial charge is 0.445 e. The van der Waals surface area contributed by atoms with E-state index < -0.39 is 11.9 Å². The highest BCUT2D eigenvalue weighted by molar-refractivity contribution is 9.10. The molecule has 0 fully saturated rings. The van der Waals surface area contributed by atoms with Gasteiger partial charge in [-0.05, 0) is 23.8 Å². The Morgan fingerprint density at radius 1 is 1.23 bits per heavy atom. The number of rotatable bonds is 3. The van der Waals surface area contributed by atoms with Crippen LogP contribution in [0.2, 0.25) is 0 Å². The van der Waals surface area contributed by atoms with Crippen molar-refractivity contribution < 1.29 is 13.9 Å². The van der Waals surface area contributed by atoms with E-state index in [9.17, 15) is 9.18 Å². The monoisotopic (exact) mass is 361 g/mol. The highest BCUT2D eigenvalue weighted by Gasteiger charge is 2.01. The molecule has 112 valence electrons. The molecule has 2 rings (SSSR count). The molecule has 0 heterocycles. The summed E-state index contributed by atoms with van der Waals surface area (Å²) in [6.07, 6.45) is -0.562. The number of carbonyl (C=O) groups is 1. The van der Waals surface area contributed by atoms with Gasteiger partial charge < -0.3 is 10.1 Å². The zero-order chi connectivity index (χ0) is 15.8. The average Bonchev–Trinajstić information content (AvgIpc) is 2.53. The fourth-order valence-electron chi connectivity index (χ4n) is 1.62. The van der Waals surface area contributed by atoms with Crippen LogP contribution in [-0.2, 0) is 11.3 Å². The Labute approximate surface area is 136 Å². The summed E-state index contributed by atoms with van der Waals surface area (Å²) in [7, 11) is 0. The Kier molecular flexibility index (Phi) is 5.99. The number of benzene rings is 2. The minimum Gasteiger partial charge on any atom is -0.445 e. The maximum atomic E-state index is 13.4. The first-order chi connectivity index (χ1) is 10.6. The first-order valence-corrected chi connectivity index (χ1v) is 7.33. The Hall–Kier alpha value is -2.32. The third kappa shape index (κ3) is 5.23. The number of halogens is 2. The molecule has 0 unspecified atom stereocenters. The number of alkyl carbamates (subject to hydrolysis) is 1. The molecule has 2 aromatic carbocycles. The number of nitrogens with one attached hydrogen (secondary N) is 1.